The van der Waals surface area contributed by atoms with Crippen LogP contribution < -0.4 is 10.1 Å². The predicted molar refractivity (Wildman–Crippen MR) is 98.6 cm³/mol. The molecule has 130 valence electrons. The molecule has 0 fully saturated rings. The van der Waals surface area contributed by atoms with Crippen molar-refractivity contribution in [3.05, 3.63) is 71.9 Å². The van der Waals surface area contributed by atoms with Gasteiger partial charge in [-0.1, -0.05) is 42.5 Å². The zero-order chi connectivity index (χ0) is 17.5. The van der Waals surface area contributed by atoms with Crippen LogP contribution in [-0.4, -0.2) is 35.1 Å². The van der Waals surface area contributed by atoms with Crippen LogP contribution in [0.5, 0.6) is 5.75 Å². The molecule has 5 heteroatoms. The number of aromatic nitrogens is 2. The lowest BCUT2D eigenvalue weighted by molar-refractivity contribution is 0.292. The van der Waals surface area contributed by atoms with Gasteiger partial charge < -0.3 is 15.2 Å². The van der Waals surface area contributed by atoms with Crippen LogP contribution in [0, 0.1) is 0 Å². The summed E-state index contributed by atoms with van der Waals surface area (Å²) in [7, 11) is 1.66. The third-order valence-electron chi connectivity index (χ3n) is 3.97. The van der Waals surface area contributed by atoms with Gasteiger partial charge >= 0.3 is 0 Å². The van der Waals surface area contributed by atoms with Crippen LogP contribution in [0.1, 0.15) is 11.1 Å². The summed E-state index contributed by atoms with van der Waals surface area (Å²) in [6.45, 7) is 2.05. The fourth-order valence-electron chi connectivity index (χ4n) is 2.76. The number of aliphatic hydroxyl groups is 1. The first-order valence-electron chi connectivity index (χ1n) is 8.36. The van der Waals surface area contributed by atoms with E-state index in [1.807, 2.05) is 47.1 Å². The molecular weight excluding hydrogens is 314 g/mol. The monoisotopic (exact) mass is 337 g/mol. The lowest BCUT2D eigenvalue weighted by Gasteiger charge is -2.05. The molecule has 5 nitrogen and oxygen atoms in total. The minimum atomic E-state index is 0.118. The maximum Gasteiger partial charge on any atom is 0.119 e. The van der Waals surface area contributed by atoms with Crippen molar-refractivity contribution in [3.8, 4) is 17.0 Å². The van der Waals surface area contributed by atoms with Gasteiger partial charge in [0.1, 0.15) is 5.75 Å². The summed E-state index contributed by atoms with van der Waals surface area (Å²) in [5, 5.41) is 17.0. The fraction of sp³-hybridized carbons (Fsp3) is 0.250. The Bertz CT molecular complexity index is 800. The number of nitrogens with one attached hydrogen (secondary N) is 1. The third-order valence-corrected chi connectivity index (χ3v) is 3.97. The van der Waals surface area contributed by atoms with Gasteiger partial charge in [-0.3, -0.25) is 4.68 Å². The third kappa shape index (κ3) is 4.47. The molecule has 1 aromatic heterocycles. The Labute approximate surface area is 147 Å². The first kappa shape index (κ1) is 17.2. The van der Waals surface area contributed by atoms with E-state index < -0.39 is 0 Å². The minimum absolute atomic E-state index is 0.118. The second-order valence-corrected chi connectivity index (χ2v) is 5.82. The Kier molecular flexibility index (Phi) is 5.82. The van der Waals surface area contributed by atoms with E-state index in [9.17, 15) is 0 Å². The Morgan fingerprint density at radius 1 is 1.12 bits per heavy atom. The highest BCUT2D eigenvalue weighted by atomic mass is 16.5. The molecule has 0 bridgehead atoms. The fourth-order valence-corrected chi connectivity index (χ4v) is 2.76. The molecule has 2 N–H and O–H groups in total. The quantitative estimate of drug-likeness (QED) is 0.621. The van der Waals surface area contributed by atoms with Crippen LogP contribution in [-0.2, 0) is 13.1 Å². The van der Waals surface area contributed by atoms with E-state index in [2.05, 4.69) is 23.6 Å². The van der Waals surface area contributed by atoms with Crippen molar-refractivity contribution in [2.24, 2.45) is 0 Å². The molecule has 0 aliphatic heterocycles. The first-order valence-corrected chi connectivity index (χ1v) is 8.36. The van der Waals surface area contributed by atoms with Gasteiger partial charge in [-0.05, 0) is 17.7 Å². The summed E-state index contributed by atoms with van der Waals surface area (Å²) < 4.78 is 7.29. The van der Waals surface area contributed by atoms with Crippen molar-refractivity contribution in [1.29, 1.82) is 0 Å². The van der Waals surface area contributed by atoms with Crippen molar-refractivity contribution < 1.29 is 9.84 Å². The SMILES string of the molecule is COc1cccc(-c2nn(Cc3ccccc3)cc2CNCCO)c1. The van der Waals surface area contributed by atoms with Gasteiger partial charge in [0.2, 0.25) is 0 Å². The Morgan fingerprint density at radius 3 is 2.72 bits per heavy atom. The van der Waals surface area contributed by atoms with Crippen LogP contribution in [0.15, 0.2) is 60.8 Å². The van der Waals surface area contributed by atoms with E-state index in [-0.39, 0.29) is 6.61 Å². The van der Waals surface area contributed by atoms with E-state index in [0.717, 1.165) is 29.1 Å². The highest BCUT2D eigenvalue weighted by molar-refractivity contribution is 5.64. The Morgan fingerprint density at radius 2 is 1.96 bits per heavy atom. The van der Waals surface area contributed by atoms with Gasteiger partial charge in [0.05, 0.1) is 26.0 Å². The van der Waals surface area contributed by atoms with E-state index in [1.54, 1.807) is 7.11 Å². The smallest absolute Gasteiger partial charge is 0.119 e. The topological polar surface area (TPSA) is 59.3 Å². The largest absolute Gasteiger partial charge is 0.497 e. The number of rotatable bonds is 8. The Hall–Kier alpha value is -2.63. The number of hydrogen-bond donors (Lipinski definition) is 2. The summed E-state index contributed by atoms with van der Waals surface area (Å²) in [5.74, 6) is 0.810. The minimum Gasteiger partial charge on any atom is -0.497 e. The second kappa shape index (κ2) is 8.46. The molecular formula is C20H23N3O2. The van der Waals surface area contributed by atoms with E-state index in [1.165, 1.54) is 5.56 Å². The maximum absolute atomic E-state index is 9.00. The number of nitrogens with zero attached hydrogens (tertiary/aromatic N) is 2. The molecule has 0 unspecified atom stereocenters. The molecule has 3 rings (SSSR count). The summed E-state index contributed by atoms with van der Waals surface area (Å²) >= 11 is 0. The van der Waals surface area contributed by atoms with Crippen molar-refractivity contribution in [2.75, 3.05) is 20.3 Å². The standard InChI is InChI=1S/C20H23N3O2/c1-25-19-9-5-8-17(12-19)20-18(13-21-10-11-24)15-23(22-20)14-16-6-3-2-4-7-16/h2-9,12,15,21,24H,10-11,13-14H2,1H3. The van der Waals surface area contributed by atoms with E-state index in [0.29, 0.717) is 13.1 Å². The average molecular weight is 337 g/mol. The zero-order valence-corrected chi connectivity index (χ0v) is 14.4. The second-order valence-electron chi connectivity index (χ2n) is 5.82. The molecule has 25 heavy (non-hydrogen) atoms. The number of benzene rings is 2. The predicted octanol–water partition coefficient (Wildman–Crippen LogP) is 2.69. The van der Waals surface area contributed by atoms with Gasteiger partial charge in [-0.15, -0.1) is 0 Å². The average Bonchev–Trinajstić information content (AvgIpc) is 3.05. The van der Waals surface area contributed by atoms with Gasteiger partial charge in [-0.2, -0.15) is 5.10 Å². The van der Waals surface area contributed by atoms with Gasteiger partial charge in [0, 0.05) is 30.4 Å². The van der Waals surface area contributed by atoms with Gasteiger partial charge in [0.25, 0.3) is 0 Å². The zero-order valence-electron chi connectivity index (χ0n) is 14.4. The van der Waals surface area contributed by atoms with Crippen molar-refractivity contribution in [1.82, 2.24) is 15.1 Å². The summed E-state index contributed by atoms with van der Waals surface area (Å²) in [6, 6.07) is 18.2. The van der Waals surface area contributed by atoms with Crippen LogP contribution in [0.3, 0.4) is 0 Å². The molecule has 0 saturated carbocycles. The molecule has 0 aliphatic rings. The molecule has 0 spiro atoms. The van der Waals surface area contributed by atoms with E-state index in [4.69, 9.17) is 14.9 Å². The van der Waals surface area contributed by atoms with Gasteiger partial charge in [0.15, 0.2) is 0 Å². The number of aliphatic hydroxyl groups excluding tert-OH is 1. The van der Waals surface area contributed by atoms with Crippen LogP contribution in [0.4, 0.5) is 0 Å². The number of ether oxygens (including phenoxy) is 1. The molecule has 0 aliphatic carbocycles. The van der Waals surface area contributed by atoms with Crippen LogP contribution in [0.25, 0.3) is 11.3 Å². The number of hydrogen-bond acceptors (Lipinski definition) is 4. The first-order chi connectivity index (χ1) is 12.3. The highest BCUT2D eigenvalue weighted by Gasteiger charge is 2.12. The Balaban J connectivity index is 1.90. The molecule has 0 atom stereocenters. The van der Waals surface area contributed by atoms with Crippen LogP contribution >= 0.6 is 0 Å². The summed E-state index contributed by atoms with van der Waals surface area (Å²) in [5.41, 5.74) is 4.25. The normalized spacial score (nSPS) is 10.8. The maximum atomic E-state index is 9.00. The summed E-state index contributed by atoms with van der Waals surface area (Å²) in [4.78, 5) is 0. The van der Waals surface area contributed by atoms with Crippen LogP contribution in [0.2, 0.25) is 0 Å². The molecule has 0 amide bonds. The van der Waals surface area contributed by atoms with Gasteiger partial charge in [-0.25, -0.2) is 0 Å². The lowest BCUT2D eigenvalue weighted by atomic mass is 10.1. The van der Waals surface area contributed by atoms with Crippen molar-refractivity contribution in [3.63, 3.8) is 0 Å². The van der Waals surface area contributed by atoms with Crippen molar-refractivity contribution >= 4 is 0 Å². The molecule has 3 aromatic rings. The van der Waals surface area contributed by atoms with Crippen molar-refractivity contribution in [2.45, 2.75) is 13.1 Å². The lowest BCUT2D eigenvalue weighted by Crippen LogP contribution is -2.17. The molecule has 1 heterocycles. The molecule has 0 saturated heterocycles. The highest BCUT2D eigenvalue weighted by Crippen LogP contribution is 2.26. The summed E-state index contributed by atoms with van der Waals surface area (Å²) in [6.07, 6.45) is 2.06. The number of methoxy groups -OCH3 is 1. The molecule has 2 aromatic carbocycles. The van der Waals surface area contributed by atoms with E-state index >= 15 is 0 Å². The molecule has 0 radical (unpaired) electrons.